The van der Waals surface area contributed by atoms with Crippen LogP contribution in [0.15, 0.2) is 54.6 Å². The first-order chi connectivity index (χ1) is 9.75. The summed E-state index contributed by atoms with van der Waals surface area (Å²) in [5.41, 5.74) is 3.44. The SMILES string of the molecule is O=C(O)C1CNCC1c1ccc(-c2ccccc2)cc1. The molecule has 0 aliphatic carbocycles. The van der Waals surface area contributed by atoms with Gasteiger partial charge in [0, 0.05) is 19.0 Å². The quantitative estimate of drug-likeness (QED) is 0.899. The Morgan fingerprint density at radius 2 is 1.60 bits per heavy atom. The molecule has 1 saturated heterocycles. The third-order valence-corrected chi connectivity index (χ3v) is 3.98. The Bertz CT molecular complexity index is 592. The minimum atomic E-state index is -0.716. The fourth-order valence-electron chi connectivity index (χ4n) is 2.84. The van der Waals surface area contributed by atoms with E-state index in [1.165, 1.54) is 5.56 Å². The number of carboxylic acids is 1. The molecule has 2 N–H and O–H groups in total. The van der Waals surface area contributed by atoms with Gasteiger partial charge in [0.05, 0.1) is 5.92 Å². The summed E-state index contributed by atoms with van der Waals surface area (Å²) in [5.74, 6) is -0.970. The van der Waals surface area contributed by atoms with Gasteiger partial charge in [-0.15, -0.1) is 0 Å². The lowest BCUT2D eigenvalue weighted by atomic mass is 9.88. The highest BCUT2D eigenvalue weighted by atomic mass is 16.4. The van der Waals surface area contributed by atoms with Crippen LogP contribution in [-0.2, 0) is 4.79 Å². The van der Waals surface area contributed by atoms with E-state index >= 15 is 0 Å². The Hall–Kier alpha value is -2.13. The molecule has 3 heteroatoms. The molecule has 0 saturated carbocycles. The maximum Gasteiger partial charge on any atom is 0.308 e. The number of hydrogen-bond acceptors (Lipinski definition) is 2. The maximum absolute atomic E-state index is 11.2. The molecule has 2 atom stereocenters. The first-order valence-corrected chi connectivity index (χ1v) is 6.84. The van der Waals surface area contributed by atoms with E-state index in [-0.39, 0.29) is 11.8 Å². The highest BCUT2D eigenvalue weighted by Crippen LogP contribution is 2.30. The van der Waals surface area contributed by atoms with Crippen molar-refractivity contribution in [3.63, 3.8) is 0 Å². The van der Waals surface area contributed by atoms with Crippen molar-refractivity contribution >= 4 is 5.97 Å². The Labute approximate surface area is 118 Å². The topological polar surface area (TPSA) is 49.3 Å². The van der Waals surface area contributed by atoms with Crippen molar-refractivity contribution in [2.75, 3.05) is 13.1 Å². The van der Waals surface area contributed by atoms with Crippen molar-refractivity contribution in [2.24, 2.45) is 5.92 Å². The molecular formula is C17H17NO2. The molecule has 3 nitrogen and oxygen atoms in total. The van der Waals surface area contributed by atoms with Gasteiger partial charge in [-0.25, -0.2) is 0 Å². The average Bonchev–Trinajstić information content (AvgIpc) is 2.98. The molecule has 1 fully saturated rings. The maximum atomic E-state index is 11.2. The molecule has 2 unspecified atom stereocenters. The smallest absolute Gasteiger partial charge is 0.308 e. The van der Waals surface area contributed by atoms with Crippen molar-refractivity contribution < 1.29 is 9.90 Å². The molecule has 0 aromatic heterocycles. The summed E-state index contributed by atoms with van der Waals surface area (Å²) in [4.78, 5) is 11.2. The van der Waals surface area contributed by atoms with E-state index in [2.05, 4.69) is 41.7 Å². The van der Waals surface area contributed by atoms with E-state index in [0.29, 0.717) is 6.54 Å². The molecule has 0 bridgehead atoms. The van der Waals surface area contributed by atoms with E-state index < -0.39 is 5.97 Å². The van der Waals surface area contributed by atoms with Crippen molar-refractivity contribution in [1.82, 2.24) is 5.32 Å². The zero-order valence-corrected chi connectivity index (χ0v) is 11.1. The summed E-state index contributed by atoms with van der Waals surface area (Å²) in [6.45, 7) is 1.29. The zero-order chi connectivity index (χ0) is 13.9. The van der Waals surface area contributed by atoms with Crippen LogP contribution in [0.25, 0.3) is 11.1 Å². The van der Waals surface area contributed by atoms with Gasteiger partial charge in [0.2, 0.25) is 0 Å². The Morgan fingerprint density at radius 1 is 0.950 bits per heavy atom. The molecule has 20 heavy (non-hydrogen) atoms. The van der Waals surface area contributed by atoms with Crippen LogP contribution in [-0.4, -0.2) is 24.2 Å². The normalized spacial score (nSPS) is 21.8. The number of nitrogens with one attached hydrogen (secondary N) is 1. The van der Waals surface area contributed by atoms with E-state index in [1.54, 1.807) is 0 Å². The second-order valence-electron chi connectivity index (χ2n) is 5.20. The lowest BCUT2D eigenvalue weighted by molar-refractivity contribution is -0.141. The highest BCUT2D eigenvalue weighted by molar-refractivity contribution is 5.72. The van der Waals surface area contributed by atoms with Gasteiger partial charge in [0.25, 0.3) is 0 Å². The third-order valence-electron chi connectivity index (χ3n) is 3.98. The van der Waals surface area contributed by atoms with Gasteiger partial charge in [-0.1, -0.05) is 54.6 Å². The molecule has 1 aliphatic rings. The van der Waals surface area contributed by atoms with E-state index in [0.717, 1.165) is 17.7 Å². The minimum absolute atomic E-state index is 0.0670. The zero-order valence-electron chi connectivity index (χ0n) is 11.1. The predicted molar refractivity (Wildman–Crippen MR) is 78.6 cm³/mol. The minimum Gasteiger partial charge on any atom is -0.481 e. The van der Waals surface area contributed by atoms with Gasteiger partial charge in [-0.3, -0.25) is 4.79 Å². The van der Waals surface area contributed by atoms with Crippen LogP contribution in [0.5, 0.6) is 0 Å². The van der Waals surface area contributed by atoms with Gasteiger partial charge >= 0.3 is 5.97 Å². The Morgan fingerprint density at radius 3 is 2.25 bits per heavy atom. The van der Waals surface area contributed by atoms with Gasteiger partial charge in [-0.05, 0) is 16.7 Å². The van der Waals surface area contributed by atoms with Crippen LogP contribution in [0, 0.1) is 5.92 Å². The second kappa shape index (κ2) is 5.47. The summed E-state index contributed by atoms with van der Waals surface area (Å²) in [6.07, 6.45) is 0. The summed E-state index contributed by atoms with van der Waals surface area (Å²) < 4.78 is 0. The van der Waals surface area contributed by atoms with Crippen LogP contribution in [0.2, 0.25) is 0 Å². The number of carbonyl (C=O) groups is 1. The number of hydrogen-bond donors (Lipinski definition) is 2. The Balaban J connectivity index is 1.85. The summed E-state index contributed by atoms with van der Waals surface area (Å²) >= 11 is 0. The first-order valence-electron chi connectivity index (χ1n) is 6.84. The lowest BCUT2D eigenvalue weighted by Crippen LogP contribution is -2.20. The van der Waals surface area contributed by atoms with Gasteiger partial charge in [0.15, 0.2) is 0 Å². The predicted octanol–water partition coefficient (Wildman–Crippen LogP) is 2.74. The van der Waals surface area contributed by atoms with Gasteiger partial charge in [0.1, 0.15) is 0 Å². The number of aliphatic carboxylic acids is 1. The van der Waals surface area contributed by atoms with Crippen LogP contribution in [0.4, 0.5) is 0 Å². The van der Waals surface area contributed by atoms with Crippen LogP contribution >= 0.6 is 0 Å². The van der Waals surface area contributed by atoms with Crippen molar-refractivity contribution in [3.05, 3.63) is 60.2 Å². The largest absolute Gasteiger partial charge is 0.481 e. The van der Waals surface area contributed by atoms with Crippen LogP contribution in [0.1, 0.15) is 11.5 Å². The standard InChI is InChI=1S/C17H17NO2/c19-17(20)16-11-18-10-15(16)14-8-6-13(7-9-14)12-4-2-1-3-5-12/h1-9,15-16,18H,10-11H2,(H,19,20). The van der Waals surface area contributed by atoms with Crippen molar-refractivity contribution in [1.29, 1.82) is 0 Å². The lowest BCUT2D eigenvalue weighted by Gasteiger charge is -2.15. The van der Waals surface area contributed by atoms with E-state index in [4.69, 9.17) is 0 Å². The summed E-state index contributed by atoms with van der Waals surface area (Å²) in [6, 6.07) is 18.4. The molecule has 0 spiro atoms. The van der Waals surface area contributed by atoms with Gasteiger partial charge < -0.3 is 10.4 Å². The second-order valence-corrected chi connectivity index (χ2v) is 5.20. The fraction of sp³-hybridized carbons (Fsp3) is 0.235. The number of rotatable bonds is 3. The molecule has 1 aliphatic heterocycles. The molecule has 102 valence electrons. The summed E-state index contributed by atoms with van der Waals surface area (Å²) in [7, 11) is 0. The monoisotopic (exact) mass is 267 g/mol. The van der Waals surface area contributed by atoms with Gasteiger partial charge in [-0.2, -0.15) is 0 Å². The molecule has 2 aromatic carbocycles. The first kappa shape index (κ1) is 12.9. The molecule has 3 rings (SSSR count). The van der Waals surface area contributed by atoms with Crippen LogP contribution < -0.4 is 5.32 Å². The van der Waals surface area contributed by atoms with E-state index in [1.807, 2.05) is 18.2 Å². The highest BCUT2D eigenvalue weighted by Gasteiger charge is 2.33. The molecule has 0 amide bonds. The van der Waals surface area contributed by atoms with Crippen molar-refractivity contribution in [2.45, 2.75) is 5.92 Å². The third kappa shape index (κ3) is 2.45. The molecule has 2 aromatic rings. The van der Waals surface area contributed by atoms with E-state index in [9.17, 15) is 9.90 Å². The number of carboxylic acid groups (broad SMARTS) is 1. The average molecular weight is 267 g/mol. The fourth-order valence-corrected chi connectivity index (χ4v) is 2.84. The molecule has 1 heterocycles. The molecule has 0 radical (unpaired) electrons. The van der Waals surface area contributed by atoms with Crippen LogP contribution in [0.3, 0.4) is 0 Å². The number of benzene rings is 2. The molecular weight excluding hydrogens is 250 g/mol. The van der Waals surface area contributed by atoms with Crippen molar-refractivity contribution in [3.8, 4) is 11.1 Å². The Kier molecular flexibility index (Phi) is 3.52. The summed E-state index contributed by atoms with van der Waals surface area (Å²) in [5, 5.41) is 12.4.